The molecule has 3 rings (SSSR count). The van der Waals surface area contributed by atoms with E-state index in [4.69, 9.17) is 0 Å². The van der Waals surface area contributed by atoms with Gasteiger partial charge in [-0.15, -0.1) is 0 Å². The Bertz CT molecular complexity index is 664. The zero-order chi connectivity index (χ0) is 17.3. The molecule has 1 aromatic rings. The van der Waals surface area contributed by atoms with Crippen LogP contribution in [0.2, 0.25) is 0 Å². The molecule has 0 bridgehead atoms. The van der Waals surface area contributed by atoms with Crippen molar-refractivity contribution >= 4 is 11.5 Å². The van der Waals surface area contributed by atoms with Gasteiger partial charge in [-0.1, -0.05) is 11.6 Å². The molecule has 0 saturated heterocycles. The highest BCUT2D eigenvalue weighted by Crippen LogP contribution is 2.52. The number of fused-ring (bicyclic) bond motifs is 2. The van der Waals surface area contributed by atoms with Crippen molar-refractivity contribution in [1.82, 2.24) is 4.90 Å². The van der Waals surface area contributed by atoms with E-state index < -0.39 is 6.67 Å². The summed E-state index contributed by atoms with van der Waals surface area (Å²) in [6.07, 6.45) is 3.05. The van der Waals surface area contributed by atoms with Crippen molar-refractivity contribution in [2.75, 3.05) is 19.8 Å². The van der Waals surface area contributed by atoms with Crippen molar-refractivity contribution in [3.63, 3.8) is 0 Å². The first-order chi connectivity index (χ1) is 11.6. The maximum Gasteiger partial charge on any atom is 0.230 e. The van der Waals surface area contributed by atoms with E-state index in [9.17, 15) is 13.6 Å². The molecule has 130 valence electrons. The number of rotatable bonds is 5. The Labute approximate surface area is 142 Å². The number of amides is 1. The van der Waals surface area contributed by atoms with Gasteiger partial charge in [-0.25, -0.2) is 4.39 Å². The van der Waals surface area contributed by atoms with Gasteiger partial charge in [-0.2, -0.15) is 0 Å². The summed E-state index contributed by atoms with van der Waals surface area (Å²) in [6, 6.07) is 4.77. The zero-order valence-electron chi connectivity index (χ0n) is 14.4. The number of halogens is 2. The molecule has 0 saturated carbocycles. The highest BCUT2D eigenvalue weighted by molar-refractivity contribution is 5.96. The molecule has 0 aliphatic heterocycles. The van der Waals surface area contributed by atoms with Gasteiger partial charge >= 0.3 is 0 Å². The SMILES string of the molecule is CCN(CC)C(=O)C1CCCC2=C1c1cc(F)ccc1C2CC[18F]. The van der Waals surface area contributed by atoms with Gasteiger partial charge in [0.2, 0.25) is 5.91 Å². The average molecular weight is 332 g/mol. The van der Waals surface area contributed by atoms with Crippen LogP contribution in [0.15, 0.2) is 23.8 Å². The summed E-state index contributed by atoms with van der Waals surface area (Å²) in [6.45, 7) is 4.92. The summed E-state index contributed by atoms with van der Waals surface area (Å²) in [4.78, 5) is 14.8. The number of carbonyl (C=O) groups is 1. The van der Waals surface area contributed by atoms with Crippen LogP contribution in [-0.4, -0.2) is 30.6 Å². The summed E-state index contributed by atoms with van der Waals surface area (Å²) in [5.41, 5.74) is 4.00. The maximum absolute atomic E-state index is 13.9. The number of nitrogens with zero attached hydrogens (tertiary/aromatic N) is 1. The molecule has 0 heterocycles. The minimum absolute atomic E-state index is 0.00732. The molecule has 0 radical (unpaired) electrons. The molecule has 0 aromatic heterocycles. The first kappa shape index (κ1) is 17.1. The Hall–Kier alpha value is -1.71. The fraction of sp³-hybridized carbons (Fsp3) is 0.550. The molecule has 0 spiro atoms. The lowest BCUT2D eigenvalue weighted by Gasteiger charge is -2.30. The Balaban J connectivity index is 2.07. The molecule has 24 heavy (non-hydrogen) atoms. The fourth-order valence-corrected chi connectivity index (χ4v) is 4.42. The predicted molar refractivity (Wildman–Crippen MR) is 91.9 cm³/mol. The Morgan fingerprint density at radius 1 is 1.29 bits per heavy atom. The molecule has 0 N–H and O–H groups in total. The third-order valence-corrected chi connectivity index (χ3v) is 5.51. The third kappa shape index (κ3) is 2.76. The number of hydrogen-bond acceptors (Lipinski definition) is 1. The van der Waals surface area contributed by atoms with Crippen LogP contribution in [0.25, 0.3) is 5.57 Å². The second-order valence-electron chi connectivity index (χ2n) is 6.66. The van der Waals surface area contributed by atoms with Gasteiger partial charge in [0.25, 0.3) is 0 Å². The van der Waals surface area contributed by atoms with Crippen molar-refractivity contribution in [2.45, 2.75) is 45.4 Å². The van der Waals surface area contributed by atoms with Crippen LogP contribution in [0, 0.1) is 11.7 Å². The van der Waals surface area contributed by atoms with E-state index in [1.165, 1.54) is 17.7 Å². The van der Waals surface area contributed by atoms with Crippen LogP contribution in [0.5, 0.6) is 0 Å². The standard InChI is InChI=1S/C20H25F2NO/c1-3-23(4-2)20(24)17-7-5-6-16-15(10-11-21)14-9-8-13(22)12-18(14)19(16)17/h8-9,12,15,17H,3-7,10-11H2,1-2H3/i21-1. The van der Waals surface area contributed by atoms with E-state index >= 15 is 0 Å². The molecule has 1 aromatic carbocycles. The van der Waals surface area contributed by atoms with Gasteiger partial charge in [0.15, 0.2) is 0 Å². The average Bonchev–Trinajstić information content (AvgIpc) is 2.90. The van der Waals surface area contributed by atoms with Crippen LogP contribution in [0.3, 0.4) is 0 Å². The van der Waals surface area contributed by atoms with Crippen LogP contribution < -0.4 is 0 Å². The van der Waals surface area contributed by atoms with Crippen LogP contribution in [0.1, 0.15) is 56.6 Å². The molecule has 1 amide bonds. The number of alkyl halides is 1. The first-order valence-electron chi connectivity index (χ1n) is 8.99. The minimum atomic E-state index is -0.396. The second kappa shape index (κ2) is 7.04. The summed E-state index contributed by atoms with van der Waals surface area (Å²) in [5.74, 6) is -0.365. The largest absolute Gasteiger partial charge is 0.343 e. The first-order valence-corrected chi connectivity index (χ1v) is 8.99. The van der Waals surface area contributed by atoms with Crippen LogP contribution >= 0.6 is 0 Å². The summed E-state index contributed by atoms with van der Waals surface area (Å²) < 4.78 is 27.0. The van der Waals surface area contributed by atoms with Crippen molar-refractivity contribution in [1.29, 1.82) is 0 Å². The molecular weight excluding hydrogens is 307 g/mol. The highest BCUT2D eigenvalue weighted by Gasteiger charge is 2.40. The van der Waals surface area contributed by atoms with E-state index in [1.54, 1.807) is 6.07 Å². The van der Waals surface area contributed by atoms with Crippen LogP contribution in [0.4, 0.5) is 8.78 Å². The normalized spacial score (nSPS) is 22.3. The van der Waals surface area contributed by atoms with Crippen LogP contribution in [-0.2, 0) is 4.79 Å². The minimum Gasteiger partial charge on any atom is -0.343 e. The monoisotopic (exact) mass is 332 g/mol. The van der Waals surface area contributed by atoms with E-state index in [2.05, 4.69) is 0 Å². The number of carbonyl (C=O) groups excluding carboxylic acids is 1. The van der Waals surface area contributed by atoms with Crippen molar-refractivity contribution in [2.24, 2.45) is 5.92 Å². The smallest absolute Gasteiger partial charge is 0.230 e. The molecule has 2 aliphatic rings. The Morgan fingerprint density at radius 3 is 2.71 bits per heavy atom. The third-order valence-electron chi connectivity index (χ3n) is 5.51. The maximum atomic E-state index is 13.9. The Morgan fingerprint density at radius 2 is 2.04 bits per heavy atom. The summed E-state index contributed by atoms with van der Waals surface area (Å²) >= 11 is 0. The number of allylic oxidation sites excluding steroid dienone is 1. The molecular formula is C20H25F2NO. The number of benzene rings is 1. The second-order valence-corrected chi connectivity index (χ2v) is 6.66. The van der Waals surface area contributed by atoms with Crippen molar-refractivity contribution < 1.29 is 13.6 Å². The van der Waals surface area contributed by atoms with Gasteiger partial charge in [0, 0.05) is 19.0 Å². The van der Waals surface area contributed by atoms with E-state index in [-0.39, 0.29) is 23.6 Å². The quantitative estimate of drug-likeness (QED) is 0.765. The fourth-order valence-electron chi connectivity index (χ4n) is 4.42. The molecule has 2 unspecified atom stereocenters. The molecule has 2 aliphatic carbocycles. The molecule has 2 nitrogen and oxygen atoms in total. The van der Waals surface area contributed by atoms with E-state index in [0.717, 1.165) is 36.0 Å². The van der Waals surface area contributed by atoms with Gasteiger partial charge in [0.1, 0.15) is 5.82 Å². The zero-order valence-corrected chi connectivity index (χ0v) is 14.4. The molecule has 2 atom stereocenters. The lowest BCUT2D eigenvalue weighted by atomic mass is 9.79. The van der Waals surface area contributed by atoms with Gasteiger partial charge in [-0.3, -0.25) is 9.18 Å². The highest BCUT2D eigenvalue weighted by atomic mass is 19.1. The van der Waals surface area contributed by atoms with Crippen molar-refractivity contribution in [3.05, 3.63) is 40.7 Å². The molecule has 4 heteroatoms. The Kier molecular flexibility index (Phi) is 5.02. The van der Waals surface area contributed by atoms with Crippen molar-refractivity contribution in [3.8, 4) is 0 Å². The summed E-state index contributed by atoms with van der Waals surface area (Å²) in [7, 11) is 0. The molecule has 0 fully saturated rings. The number of hydrogen-bond donors (Lipinski definition) is 0. The lowest BCUT2D eigenvalue weighted by molar-refractivity contribution is -0.133. The van der Waals surface area contributed by atoms with E-state index in [1.807, 2.05) is 18.7 Å². The van der Waals surface area contributed by atoms with E-state index in [0.29, 0.717) is 19.5 Å². The predicted octanol–water partition coefficient (Wildman–Crippen LogP) is 4.70. The van der Waals surface area contributed by atoms with Gasteiger partial charge in [0.05, 0.1) is 12.6 Å². The van der Waals surface area contributed by atoms with Gasteiger partial charge < -0.3 is 4.90 Å². The topological polar surface area (TPSA) is 20.3 Å². The summed E-state index contributed by atoms with van der Waals surface area (Å²) in [5, 5.41) is 0. The van der Waals surface area contributed by atoms with Gasteiger partial charge in [-0.05, 0) is 68.4 Å². The lowest BCUT2D eigenvalue weighted by Crippen LogP contribution is -2.37.